The number of hydrogen-bond donors (Lipinski definition) is 1. The number of benzene rings is 1. The molecule has 146 valence electrons. The maximum absolute atomic E-state index is 12.6. The standard InChI is InChI=1S/C19H25N3O3S2/c1-16-7-12-26-18(16)13-20-19(23)14-21-8-10-22(11-9-21)27(24,25)15-17-5-3-2-4-6-17/h2-7,12H,8-11,13-15H2,1H3,(H,20,23). The van der Waals surface area contributed by atoms with E-state index in [1.807, 2.05) is 53.6 Å². The normalized spacial score (nSPS) is 16.3. The van der Waals surface area contributed by atoms with Crippen LogP contribution in [0.5, 0.6) is 0 Å². The van der Waals surface area contributed by atoms with Gasteiger partial charge in [-0.3, -0.25) is 9.69 Å². The number of carbonyl (C=O) groups excluding carboxylic acids is 1. The molecule has 1 N–H and O–H groups in total. The number of thiophene rings is 1. The Kier molecular flexibility index (Phi) is 6.64. The summed E-state index contributed by atoms with van der Waals surface area (Å²) in [6, 6.07) is 11.3. The van der Waals surface area contributed by atoms with Crippen molar-refractivity contribution in [2.24, 2.45) is 0 Å². The zero-order chi connectivity index (χ0) is 19.3. The van der Waals surface area contributed by atoms with Gasteiger partial charge in [0.25, 0.3) is 0 Å². The van der Waals surface area contributed by atoms with Crippen LogP contribution in [0.4, 0.5) is 0 Å². The first-order valence-electron chi connectivity index (χ1n) is 8.98. The third-order valence-electron chi connectivity index (χ3n) is 4.70. The molecule has 1 amide bonds. The first-order valence-corrected chi connectivity index (χ1v) is 11.5. The summed E-state index contributed by atoms with van der Waals surface area (Å²) < 4.78 is 26.7. The average Bonchev–Trinajstić information content (AvgIpc) is 3.06. The molecule has 0 saturated carbocycles. The van der Waals surface area contributed by atoms with Gasteiger partial charge in [0, 0.05) is 31.1 Å². The Morgan fingerprint density at radius 2 is 1.81 bits per heavy atom. The second kappa shape index (κ2) is 8.97. The van der Waals surface area contributed by atoms with E-state index in [-0.39, 0.29) is 11.7 Å². The van der Waals surface area contributed by atoms with Gasteiger partial charge in [-0.2, -0.15) is 4.31 Å². The van der Waals surface area contributed by atoms with Gasteiger partial charge in [0.2, 0.25) is 15.9 Å². The van der Waals surface area contributed by atoms with Crippen molar-refractivity contribution < 1.29 is 13.2 Å². The molecule has 6 nitrogen and oxygen atoms in total. The molecule has 1 aliphatic heterocycles. The highest BCUT2D eigenvalue weighted by Crippen LogP contribution is 2.15. The van der Waals surface area contributed by atoms with Crippen LogP contribution in [-0.4, -0.2) is 56.3 Å². The Morgan fingerprint density at radius 3 is 2.44 bits per heavy atom. The third-order valence-corrected chi connectivity index (χ3v) is 7.57. The lowest BCUT2D eigenvalue weighted by Crippen LogP contribution is -2.51. The Labute approximate surface area is 164 Å². The van der Waals surface area contributed by atoms with Gasteiger partial charge in [-0.15, -0.1) is 11.3 Å². The van der Waals surface area contributed by atoms with Crippen LogP contribution in [-0.2, 0) is 27.1 Å². The van der Waals surface area contributed by atoms with Crippen LogP contribution in [0.3, 0.4) is 0 Å². The van der Waals surface area contributed by atoms with E-state index >= 15 is 0 Å². The number of carbonyl (C=O) groups is 1. The number of rotatable bonds is 7. The minimum absolute atomic E-state index is 0.0223. The van der Waals surface area contributed by atoms with Crippen molar-refractivity contribution in [3.8, 4) is 0 Å². The molecule has 0 unspecified atom stereocenters. The van der Waals surface area contributed by atoms with E-state index in [0.29, 0.717) is 39.3 Å². The predicted molar refractivity (Wildman–Crippen MR) is 108 cm³/mol. The van der Waals surface area contributed by atoms with Crippen LogP contribution in [0.15, 0.2) is 41.8 Å². The molecule has 1 saturated heterocycles. The monoisotopic (exact) mass is 407 g/mol. The SMILES string of the molecule is Cc1ccsc1CNC(=O)CN1CCN(S(=O)(=O)Cc2ccccc2)CC1. The highest BCUT2D eigenvalue weighted by atomic mass is 32.2. The molecule has 1 fully saturated rings. The van der Waals surface area contributed by atoms with E-state index in [9.17, 15) is 13.2 Å². The fourth-order valence-electron chi connectivity index (χ4n) is 3.06. The maximum Gasteiger partial charge on any atom is 0.234 e. The van der Waals surface area contributed by atoms with Crippen LogP contribution < -0.4 is 5.32 Å². The minimum atomic E-state index is -3.33. The van der Waals surface area contributed by atoms with Crippen LogP contribution in [0.1, 0.15) is 16.0 Å². The minimum Gasteiger partial charge on any atom is -0.350 e. The average molecular weight is 408 g/mol. The summed E-state index contributed by atoms with van der Waals surface area (Å²) in [7, 11) is -3.33. The van der Waals surface area contributed by atoms with E-state index in [1.54, 1.807) is 11.3 Å². The Bertz CT molecular complexity index is 857. The van der Waals surface area contributed by atoms with Crippen molar-refractivity contribution in [1.29, 1.82) is 0 Å². The second-order valence-corrected chi connectivity index (χ2v) is 9.69. The molecule has 27 heavy (non-hydrogen) atoms. The molecular weight excluding hydrogens is 382 g/mol. The van der Waals surface area contributed by atoms with E-state index in [1.165, 1.54) is 14.7 Å². The number of aryl methyl sites for hydroxylation is 1. The fourth-order valence-corrected chi connectivity index (χ4v) is 5.43. The van der Waals surface area contributed by atoms with Crippen LogP contribution >= 0.6 is 11.3 Å². The van der Waals surface area contributed by atoms with Gasteiger partial charge in [0.1, 0.15) is 0 Å². The first kappa shape index (κ1) is 20.0. The van der Waals surface area contributed by atoms with Crippen molar-refractivity contribution in [3.63, 3.8) is 0 Å². The summed E-state index contributed by atoms with van der Waals surface area (Å²) in [4.78, 5) is 15.3. The molecule has 1 aromatic heterocycles. The molecule has 1 aliphatic rings. The number of piperazine rings is 1. The van der Waals surface area contributed by atoms with Gasteiger partial charge in [0.15, 0.2) is 0 Å². The lowest BCUT2D eigenvalue weighted by Gasteiger charge is -2.33. The van der Waals surface area contributed by atoms with Gasteiger partial charge in [-0.25, -0.2) is 8.42 Å². The zero-order valence-corrected chi connectivity index (χ0v) is 17.1. The second-order valence-electron chi connectivity index (χ2n) is 6.72. The smallest absolute Gasteiger partial charge is 0.234 e. The Balaban J connectivity index is 1.44. The maximum atomic E-state index is 12.6. The number of sulfonamides is 1. The van der Waals surface area contributed by atoms with Crippen molar-refractivity contribution in [3.05, 3.63) is 57.8 Å². The van der Waals surface area contributed by atoms with Gasteiger partial charge in [0.05, 0.1) is 18.8 Å². The molecule has 8 heteroatoms. The molecular formula is C19H25N3O3S2. The van der Waals surface area contributed by atoms with E-state index in [0.717, 1.165) is 5.56 Å². The largest absolute Gasteiger partial charge is 0.350 e. The number of nitrogens with zero attached hydrogens (tertiary/aromatic N) is 2. The molecule has 2 heterocycles. The topological polar surface area (TPSA) is 69.7 Å². The summed E-state index contributed by atoms with van der Waals surface area (Å²) >= 11 is 1.64. The molecule has 0 aliphatic carbocycles. The number of hydrogen-bond acceptors (Lipinski definition) is 5. The lowest BCUT2D eigenvalue weighted by atomic mass is 10.2. The van der Waals surface area contributed by atoms with Gasteiger partial charge in [-0.05, 0) is 29.5 Å². The zero-order valence-electron chi connectivity index (χ0n) is 15.4. The van der Waals surface area contributed by atoms with E-state index in [4.69, 9.17) is 0 Å². The Hall–Kier alpha value is -1.74. The highest BCUT2D eigenvalue weighted by molar-refractivity contribution is 7.88. The summed E-state index contributed by atoms with van der Waals surface area (Å²) in [6.45, 7) is 4.87. The van der Waals surface area contributed by atoms with Gasteiger partial charge >= 0.3 is 0 Å². The number of nitrogens with one attached hydrogen (secondary N) is 1. The molecule has 0 bridgehead atoms. The van der Waals surface area contributed by atoms with Crippen molar-refractivity contribution in [2.45, 2.75) is 19.2 Å². The van der Waals surface area contributed by atoms with Crippen LogP contribution in [0, 0.1) is 6.92 Å². The summed E-state index contributed by atoms with van der Waals surface area (Å²) in [5.41, 5.74) is 1.99. The number of amides is 1. The summed E-state index contributed by atoms with van der Waals surface area (Å²) in [5.74, 6) is -0.00232. The molecule has 0 spiro atoms. The first-order chi connectivity index (χ1) is 12.9. The van der Waals surface area contributed by atoms with Crippen molar-refractivity contribution in [2.75, 3.05) is 32.7 Å². The highest BCUT2D eigenvalue weighted by Gasteiger charge is 2.27. The van der Waals surface area contributed by atoms with Gasteiger partial charge in [-0.1, -0.05) is 30.3 Å². The van der Waals surface area contributed by atoms with E-state index < -0.39 is 10.0 Å². The summed E-state index contributed by atoms with van der Waals surface area (Å²) in [6.07, 6.45) is 0. The quantitative estimate of drug-likeness (QED) is 0.760. The molecule has 3 rings (SSSR count). The van der Waals surface area contributed by atoms with Crippen molar-refractivity contribution in [1.82, 2.24) is 14.5 Å². The lowest BCUT2D eigenvalue weighted by molar-refractivity contribution is -0.122. The van der Waals surface area contributed by atoms with Crippen LogP contribution in [0.2, 0.25) is 0 Å². The molecule has 0 radical (unpaired) electrons. The molecule has 2 aromatic rings. The molecule has 1 aromatic carbocycles. The summed E-state index contributed by atoms with van der Waals surface area (Å²) in [5, 5.41) is 4.97. The predicted octanol–water partition coefficient (Wildman–Crippen LogP) is 1.82. The van der Waals surface area contributed by atoms with E-state index in [2.05, 4.69) is 5.32 Å². The van der Waals surface area contributed by atoms with Gasteiger partial charge < -0.3 is 5.32 Å². The fraction of sp³-hybridized carbons (Fsp3) is 0.421. The Morgan fingerprint density at radius 1 is 1.11 bits per heavy atom. The molecule has 0 atom stereocenters. The van der Waals surface area contributed by atoms with Crippen molar-refractivity contribution >= 4 is 27.3 Å². The third kappa shape index (κ3) is 5.62. The van der Waals surface area contributed by atoms with Crippen LogP contribution in [0.25, 0.3) is 0 Å².